The SMILES string of the molecule is COc1ccc(-c2ccc(CN3CCc4nc(-c5cncnc5)ncc4C3)s2)cc1OC. The van der Waals surface area contributed by atoms with Gasteiger partial charge in [-0.25, -0.2) is 19.9 Å². The van der Waals surface area contributed by atoms with Gasteiger partial charge in [0.15, 0.2) is 17.3 Å². The van der Waals surface area contributed by atoms with Gasteiger partial charge in [-0.15, -0.1) is 11.3 Å². The lowest BCUT2D eigenvalue weighted by Gasteiger charge is -2.27. The van der Waals surface area contributed by atoms with Gasteiger partial charge >= 0.3 is 0 Å². The molecule has 8 heteroatoms. The maximum absolute atomic E-state index is 5.45. The van der Waals surface area contributed by atoms with Gasteiger partial charge in [0.2, 0.25) is 0 Å². The number of hydrogen-bond acceptors (Lipinski definition) is 8. The highest BCUT2D eigenvalue weighted by Crippen LogP contribution is 2.36. The fourth-order valence-corrected chi connectivity index (χ4v) is 4.94. The minimum Gasteiger partial charge on any atom is -0.493 e. The van der Waals surface area contributed by atoms with Crippen LogP contribution in [0, 0.1) is 0 Å². The number of rotatable bonds is 6. The first-order valence-corrected chi connectivity index (χ1v) is 11.2. The first-order valence-electron chi connectivity index (χ1n) is 10.4. The Labute approximate surface area is 190 Å². The average molecular weight is 446 g/mol. The molecule has 7 nitrogen and oxygen atoms in total. The summed E-state index contributed by atoms with van der Waals surface area (Å²) in [7, 11) is 3.31. The van der Waals surface area contributed by atoms with E-state index in [1.165, 1.54) is 21.6 Å². The largest absolute Gasteiger partial charge is 0.493 e. The molecule has 0 amide bonds. The zero-order valence-electron chi connectivity index (χ0n) is 18.0. The number of nitrogens with zero attached hydrogens (tertiary/aromatic N) is 5. The average Bonchev–Trinajstić information content (AvgIpc) is 3.32. The van der Waals surface area contributed by atoms with Crippen LogP contribution >= 0.6 is 11.3 Å². The lowest BCUT2D eigenvalue weighted by Crippen LogP contribution is -2.30. The molecule has 4 heterocycles. The first kappa shape index (κ1) is 20.5. The van der Waals surface area contributed by atoms with Gasteiger partial charge in [0.05, 0.1) is 25.5 Å². The van der Waals surface area contributed by atoms with Crippen molar-refractivity contribution in [2.75, 3.05) is 20.8 Å². The van der Waals surface area contributed by atoms with Crippen molar-refractivity contribution in [1.29, 1.82) is 0 Å². The third-order valence-electron chi connectivity index (χ3n) is 5.54. The van der Waals surface area contributed by atoms with Crippen molar-refractivity contribution in [3.05, 3.63) is 71.4 Å². The number of fused-ring (bicyclic) bond motifs is 1. The normalized spacial score (nSPS) is 13.6. The quantitative estimate of drug-likeness (QED) is 0.440. The molecule has 162 valence electrons. The molecule has 0 aliphatic carbocycles. The summed E-state index contributed by atoms with van der Waals surface area (Å²) in [6, 6.07) is 10.4. The van der Waals surface area contributed by atoms with Gasteiger partial charge in [0.25, 0.3) is 0 Å². The van der Waals surface area contributed by atoms with Crippen molar-refractivity contribution in [2.24, 2.45) is 0 Å². The van der Waals surface area contributed by atoms with Gasteiger partial charge in [0.1, 0.15) is 6.33 Å². The lowest BCUT2D eigenvalue weighted by molar-refractivity contribution is 0.245. The van der Waals surface area contributed by atoms with E-state index >= 15 is 0 Å². The molecule has 0 radical (unpaired) electrons. The van der Waals surface area contributed by atoms with Gasteiger partial charge in [-0.3, -0.25) is 4.90 Å². The second kappa shape index (κ2) is 9.02. The van der Waals surface area contributed by atoms with Crippen LogP contribution in [0.15, 0.2) is 55.2 Å². The fraction of sp³-hybridized carbons (Fsp3) is 0.250. The predicted molar refractivity (Wildman–Crippen MR) is 124 cm³/mol. The van der Waals surface area contributed by atoms with E-state index in [0.717, 1.165) is 54.4 Å². The van der Waals surface area contributed by atoms with E-state index in [-0.39, 0.29) is 0 Å². The molecular formula is C24H23N5O2S. The maximum atomic E-state index is 5.45. The number of benzene rings is 1. The molecule has 0 bridgehead atoms. The Kier molecular flexibility index (Phi) is 5.79. The maximum Gasteiger partial charge on any atom is 0.162 e. The van der Waals surface area contributed by atoms with Crippen LogP contribution in [0.5, 0.6) is 11.5 Å². The molecule has 4 aromatic rings. The Morgan fingerprint density at radius 1 is 0.969 bits per heavy atom. The molecule has 1 aliphatic heterocycles. The monoisotopic (exact) mass is 445 g/mol. The third-order valence-corrected chi connectivity index (χ3v) is 6.66. The smallest absolute Gasteiger partial charge is 0.162 e. The molecule has 0 unspecified atom stereocenters. The van der Waals surface area contributed by atoms with Gasteiger partial charge in [-0.2, -0.15) is 0 Å². The summed E-state index contributed by atoms with van der Waals surface area (Å²) in [5, 5.41) is 0. The molecule has 1 aliphatic rings. The molecule has 0 fully saturated rings. The number of methoxy groups -OCH3 is 2. The van der Waals surface area contributed by atoms with Crippen LogP contribution in [0.4, 0.5) is 0 Å². The summed E-state index contributed by atoms with van der Waals surface area (Å²) in [6.45, 7) is 2.73. The van der Waals surface area contributed by atoms with E-state index in [9.17, 15) is 0 Å². The number of ether oxygens (including phenoxy) is 2. The molecule has 0 atom stereocenters. The molecule has 1 aromatic carbocycles. The highest BCUT2D eigenvalue weighted by atomic mass is 32.1. The summed E-state index contributed by atoms with van der Waals surface area (Å²) in [4.78, 5) is 22.4. The highest BCUT2D eigenvalue weighted by molar-refractivity contribution is 7.15. The topological polar surface area (TPSA) is 73.3 Å². The third kappa shape index (κ3) is 4.19. The zero-order valence-corrected chi connectivity index (χ0v) is 18.8. The summed E-state index contributed by atoms with van der Waals surface area (Å²) < 4.78 is 10.8. The molecule has 32 heavy (non-hydrogen) atoms. The van der Waals surface area contributed by atoms with Crippen molar-refractivity contribution < 1.29 is 9.47 Å². The van der Waals surface area contributed by atoms with Crippen molar-refractivity contribution in [3.8, 4) is 33.3 Å². The molecular weight excluding hydrogens is 422 g/mol. The van der Waals surface area contributed by atoms with Crippen LogP contribution in [0.3, 0.4) is 0 Å². The minimum absolute atomic E-state index is 0.690. The van der Waals surface area contributed by atoms with E-state index in [2.05, 4.69) is 38.1 Å². The van der Waals surface area contributed by atoms with Gasteiger partial charge in [0, 0.05) is 60.0 Å². The fourth-order valence-electron chi connectivity index (χ4n) is 3.89. The Bertz CT molecular complexity index is 1230. The van der Waals surface area contributed by atoms with Crippen molar-refractivity contribution >= 4 is 11.3 Å². The summed E-state index contributed by atoms with van der Waals surface area (Å²) in [5.41, 5.74) is 4.29. The summed E-state index contributed by atoms with van der Waals surface area (Å²) in [6.07, 6.45) is 7.86. The summed E-state index contributed by atoms with van der Waals surface area (Å²) in [5.74, 6) is 2.18. The molecule has 3 aromatic heterocycles. The zero-order chi connectivity index (χ0) is 21.9. The van der Waals surface area contributed by atoms with Gasteiger partial charge in [-0.1, -0.05) is 0 Å². The number of thiophene rings is 1. The molecule has 0 saturated heterocycles. The first-order chi connectivity index (χ1) is 15.7. The predicted octanol–water partition coefficient (Wildman–Crippen LogP) is 4.24. The molecule has 5 rings (SSSR count). The second-order valence-electron chi connectivity index (χ2n) is 7.59. The highest BCUT2D eigenvalue weighted by Gasteiger charge is 2.20. The number of aromatic nitrogens is 4. The van der Waals surface area contributed by atoms with Crippen LogP contribution in [0.25, 0.3) is 21.8 Å². The van der Waals surface area contributed by atoms with Crippen molar-refractivity contribution in [2.45, 2.75) is 19.5 Å². The Hall–Kier alpha value is -3.36. The van der Waals surface area contributed by atoms with Crippen LogP contribution in [-0.2, 0) is 19.5 Å². The van der Waals surface area contributed by atoms with Crippen LogP contribution in [0.2, 0.25) is 0 Å². The van der Waals surface area contributed by atoms with Crippen molar-refractivity contribution in [1.82, 2.24) is 24.8 Å². The molecule has 0 N–H and O–H groups in total. The van der Waals surface area contributed by atoms with Crippen LogP contribution in [0.1, 0.15) is 16.1 Å². The standard InChI is InChI=1S/C24H23N5O2S/c1-30-21-5-3-16(9-22(21)31-2)23-6-4-19(32-23)14-29-8-7-20-18(13-29)12-27-24(28-20)17-10-25-15-26-11-17/h3-6,9-12,15H,7-8,13-14H2,1-2H3. The Morgan fingerprint density at radius 3 is 2.62 bits per heavy atom. The van der Waals surface area contributed by atoms with E-state index in [1.54, 1.807) is 26.6 Å². The van der Waals surface area contributed by atoms with Crippen LogP contribution in [-0.4, -0.2) is 45.6 Å². The van der Waals surface area contributed by atoms with E-state index < -0.39 is 0 Å². The van der Waals surface area contributed by atoms with Crippen molar-refractivity contribution in [3.63, 3.8) is 0 Å². The molecule has 0 saturated carbocycles. The van der Waals surface area contributed by atoms with E-state index in [0.29, 0.717) is 5.82 Å². The second-order valence-corrected chi connectivity index (χ2v) is 8.76. The Balaban J connectivity index is 1.28. The minimum atomic E-state index is 0.690. The van der Waals surface area contributed by atoms with E-state index in [4.69, 9.17) is 14.5 Å². The lowest BCUT2D eigenvalue weighted by atomic mass is 10.1. The van der Waals surface area contributed by atoms with Gasteiger partial charge < -0.3 is 9.47 Å². The summed E-state index contributed by atoms with van der Waals surface area (Å²) >= 11 is 1.81. The van der Waals surface area contributed by atoms with Crippen LogP contribution < -0.4 is 9.47 Å². The molecule has 0 spiro atoms. The number of hydrogen-bond donors (Lipinski definition) is 0. The van der Waals surface area contributed by atoms with E-state index in [1.807, 2.05) is 29.7 Å². The Morgan fingerprint density at radius 2 is 1.81 bits per heavy atom. The van der Waals surface area contributed by atoms with Gasteiger partial charge in [-0.05, 0) is 35.9 Å².